The molecule has 0 saturated heterocycles. The third kappa shape index (κ3) is 1.50. The van der Waals surface area contributed by atoms with Crippen LogP contribution >= 0.6 is 0 Å². The molecule has 0 spiro atoms. The first-order chi connectivity index (χ1) is 7.43. The van der Waals surface area contributed by atoms with Crippen molar-refractivity contribution in [2.75, 3.05) is 6.54 Å². The van der Waals surface area contributed by atoms with Gasteiger partial charge in [0.25, 0.3) is 0 Å². The van der Waals surface area contributed by atoms with Gasteiger partial charge in [0.1, 0.15) is 0 Å². The molecule has 0 unspecified atom stereocenters. The summed E-state index contributed by atoms with van der Waals surface area (Å²) in [7, 11) is 0. The summed E-state index contributed by atoms with van der Waals surface area (Å²) in [6, 6.07) is 8.53. The average molecular weight is 195 g/mol. The minimum atomic E-state index is 0.942. The van der Waals surface area contributed by atoms with E-state index in [0.717, 1.165) is 13.0 Å². The fourth-order valence-electron chi connectivity index (χ4n) is 2.10. The largest absolute Gasteiger partial charge is 0.381 e. The van der Waals surface area contributed by atoms with Gasteiger partial charge in [0.15, 0.2) is 0 Å². The predicted octanol–water partition coefficient (Wildman–Crippen LogP) is 1.06. The fraction of sp³-hybridized carbons (Fsp3) is 0.143. The van der Waals surface area contributed by atoms with E-state index in [-0.39, 0.29) is 0 Å². The van der Waals surface area contributed by atoms with Gasteiger partial charge in [0.05, 0.1) is 0 Å². The van der Waals surface area contributed by atoms with Crippen LogP contribution in [-0.4, -0.2) is 6.54 Å². The molecule has 0 atom stereocenters. The lowest BCUT2D eigenvalue weighted by Crippen LogP contribution is -2.24. The third-order valence-corrected chi connectivity index (χ3v) is 2.91. The Morgan fingerprint density at radius 3 is 2.87 bits per heavy atom. The maximum Gasteiger partial charge on any atom is 0.0384 e. The maximum absolute atomic E-state index is 3.42. The van der Waals surface area contributed by atoms with Crippen LogP contribution < -0.4 is 15.8 Å². The first-order valence-electron chi connectivity index (χ1n) is 5.34. The van der Waals surface area contributed by atoms with Gasteiger partial charge in [-0.05, 0) is 28.5 Å². The van der Waals surface area contributed by atoms with Crippen molar-refractivity contribution in [3.63, 3.8) is 0 Å². The number of allylic oxidation sites excluding steroid dienone is 3. The van der Waals surface area contributed by atoms with Crippen LogP contribution in [0.3, 0.4) is 0 Å². The Kier molecular flexibility index (Phi) is 1.95. The summed E-state index contributed by atoms with van der Waals surface area (Å²) in [5, 5.41) is 6.06. The molecule has 0 radical (unpaired) electrons. The second kappa shape index (κ2) is 3.43. The van der Waals surface area contributed by atoms with Crippen molar-refractivity contribution in [1.82, 2.24) is 5.32 Å². The highest BCUT2D eigenvalue weighted by atomic mass is 14.9. The molecule has 1 heterocycles. The van der Waals surface area contributed by atoms with E-state index in [4.69, 9.17) is 0 Å². The number of hydrogen-bond donors (Lipinski definition) is 1. The van der Waals surface area contributed by atoms with Crippen molar-refractivity contribution in [3.8, 4) is 0 Å². The van der Waals surface area contributed by atoms with Crippen LogP contribution in [0.25, 0.3) is 12.2 Å². The minimum Gasteiger partial charge on any atom is -0.381 e. The molecule has 1 nitrogen and oxygen atoms in total. The van der Waals surface area contributed by atoms with Gasteiger partial charge in [0, 0.05) is 12.2 Å². The second-order valence-electron chi connectivity index (χ2n) is 3.90. The molecule has 1 heteroatoms. The van der Waals surface area contributed by atoms with Gasteiger partial charge in [0.2, 0.25) is 0 Å². The van der Waals surface area contributed by atoms with Crippen molar-refractivity contribution >= 4 is 12.2 Å². The van der Waals surface area contributed by atoms with Crippen molar-refractivity contribution in [3.05, 3.63) is 58.1 Å². The third-order valence-electron chi connectivity index (χ3n) is 2.91. The monoisotopic (exact) mass is 195 g/mol. The molecule has 15 heavy (non-hydrogen) atoms. The number of benzene rings is 1. The van der Waals surface area contributed by atoms with Crippen LogP contribution in [0.1, 0.15) is 6.42 Å². The maximum atomic E-state index is 3.42. The summed E-state index contributed by atoms with van der Waals surface area (Å²) in [6.07, 6.45) is 9.97. The van der Waals surface area contributed by atoms with Crippen LogP contribution in [0.4, 0.5) is 0 Å². The lowest BCUT2D eigenvalue weighted by molar-refractivity contribution is 0.910. The standard InChI is InChI=1S/C14H13N/c1-2-5-13-10-14-12(6-3-9-15-14)8-7-11(13)4-1/h1-7,10,15H,8-9H2. The van der Waals surface area contributed by atoms with Crippen molar-refractivity contribution < 1.29 is 0 Å². The summed E-state index contributed by atoms with van der Waals surface area (Å²) >= 11 is 0. The van der Waals surface area contributed by atoms with Gasteiger partial charge >= 0.3 is 0 Å². The molecule has 2 aliphatic rings. The fourth-order valence-corrected chi connectivity index (χ4v) is 2.10. The number of rotatable bonds is 0. The summed E-state index contributed by atoms with van der Waals surface area (Å²) in [4.78, 5) is 0. The lowest BCUT2D eigenvalue weighted by Gasteiger charge is -2.13. The van der Waals surface area contributed by atoms with E-state index in [1.165, 1.54) is 21.7 Å². The van der Waals surface area contributed by atoms with Crippen molar-refractivity contribution in [2.45, 2.75) is 6.42 Å². The Morgan fingerprint density at radius 2 is 1.93 bits per heavy atom. The van der Waals surface area contributed by atoms with E-state index in [2.05, 4.69) is 53.9 Å². The first kappa shape index (κ1) is 8.54. The van der Waals surface area contributed by atoms with Crippen LogP contribution in [-0.2, 0) is 0 Å². The Morgan fingerprint density at radius 1 is 1.07 bits per heavy atom. The summed E-state index contributed by atoms with van der Waals surface area (Å²) < 4.78 is 0. The van der Waals surface area contributed by atoms with E-state index < -0.39 is 0 Å². The minimum absolute atomic E-state index is 0.942. The molecule has 1 N–H and O–H groups in total. The molecule has 1 aliphatic heterocycles. The summed E-state index contributed by atoms with van der Waals surface area (Å²) in [5.41, 5.74) is 2.66. The highest BCUT2D eigenvalue weighted by Gasteiger charge is 2.06. The first-order valence-corrected chi connectivity index (χ1v) is 5.34. The molecule has 0 bridgehead atoms. The predicted molar refractivity (Wildman–Crippen MR) is 63.4 cm³/mol. The van der Waals surface area contributed by atoms with E-state index in [0.29, 0.717) is 0 Å². The molecular formula is C14H13N. The number of dihydropyridines is 1. The van der Waals surface area contributed by atoms with E-state index in [1.54, 1.807) is 0 Å². The Labute approximate surface area is 89.1 Å². The Hall–Kier alpha value is -1.76. The van der Waals surface area contributed by atoms with Crippen molar-refractivity contribution in [2.24, 2.45) is 0 Å². The SMILES string of the molecule is C1=CC2=C(C=c3ccccc3=CC2)NC1. The zero-order valence-corrected chi connectivity index (χ0v) is 8.53. The van der Waals surface area contributed by atoms with Gasteiger partial charge in [-0.15, -0.1) is 0 Å². The lowest BCUT2D eigenvalue weighted by atomic mass is 10.1. The zero-order valence-electron chi connectivity index (χ0n) is 8.53. The molecule has 0 fully saturated rings. The summed E-state index contributed by atoms with van der Waals surface area (Å²) in [5.74, 6) is 0. The van der Waals surface area contributed by atoms with Crippen LogP contribution in [0.5, 0.6) is 0 Å². The zero-order chi connectivity index (χ0) is 10.1. The van der Waals surface area contributed by atoms with Gasteiger partial charge in [-0.25, -0.2) is 0 Å². The van der Waals surface area contributed by atoms with Gasteiger partial charge in [-0.2, -0.15) is 0 Å². The highest BCUT2D eigenvalue weighted by molar-refractivity contribution is 5.57. The van der Waals surface area contributed by atoms with Gasteiger partial charge in [-0.1, -0.05) is 42.5 Å². The van der Waals surface area contributed by atoms with Crippen molar-refractivity contribution in [1.29, 1.82) is 0 Å². The molecule has 0 saturated carbocycles. The molecule has 0 aromatic heterocycles. The number of fused-ring (bicyclic) bond motifs is 1. The molecule has 1 aliphatic carbocycles. The topological polar surface area (TPSA) is 12.0 Å². The molecule has 1 aromatic carbocycles. The smallest absolute Gasteiger partial charge is 0.0384 e. The van der Waals surface area contributed by atoms with Gasteiger partial charge in [-0.3, -0.25) is 0 Å². The normalized spacial score (nSPS) is 17.9. The molecule has 0 amide bonds. The Balaban J connectivity index is 2.25. The van der Waals surface area contributed by atoms with Crippen LogP contribution in [0.2, 0.25) is 0 Å². The van der Waals surface area contributed by atoms with Crippen LogP contribution in [0, 0.1) is 0 Å². The van der Waals surface area contributed by atoms with Gasteiger partial charge < -0.3 is 5.32 Å². The van der Waals surface area contributed by atoms with E-state index >= 15 is 0 Å². The second-order valence-corrected chi connectivity index (χ2v) is 3.90. The van der Waals surface area contributed by atoms with E-state index in [1.807, 2.05) is 0 Å². The quantitative estimate of drug-likeness (QED) is 0.653. The molecular weight excluding hydrogens is 182 g/mol. The molecule has 74 valence electrons. The highest BCUT2D eigenvalue weighted by Crippen LogP contribution is 2.14. The van der Waals surface area contributed by atoms with E-state index in [9.17, 15) is 0 Å². The Bertz CT molecular complexity index is 561. The summed E-state index contributed by atoms with van der Waals surface area (Å²) in [6.45, 7) is 0.942. The van der Waals surface area contributed by atoms with Crippen LogP contribution in [0.15, 0.2) is 47.7 Å². The number of nitrogens with one attached hydrogen (secondary N) is 1. The molecule has 3 rings (SSSR count). The molecule has 1 aromatic rings. The number of hydrogen-bond acceptors (Lipinski definition) is 1. The average Bonchev–Trinajstić information content (AvgIpc) is 2.48.